The molecule has 0 aromatic heterocycles. The van der Waals surface area contributed by atoms with E-state index >= 15 is 0 Å². The maximum Gasteiger partial charge on any atom is 0.0102 e. The smallest absolute Gasteiger partial charge is 0.0102 e. The van der Waals surface area contributed by atoms with Crippen LogP contribution in [-0.2, 0) is 6.42 Å². The topological polar surface area (TPSA) is 29.3 Å². The molecule has 0 saturated heterocycles. The molecule has 1 aromatic carbocycles. The first-order chi connectivity index (χ1) is 9.29. The lowest BCUT2D eigenvalue weighted by Crippen LogP contribution is -2.27. The minimum Gasteiger partial charge on any atom is -0.329 e. The second-order valence-corrected chi connectivity index (χ2v) is 5.92. The molecule has 0 bridgehead atoms. The van der Waals surface area contributed by atoms with Crippen molar-refractivity contribution < 1.29 is 0 Å². The SMILES string of the molecule is CN(CCN)CCc1ccc(C2CCCCC2)cc1. The zero-order valence-electron chi connectivity index (χ0n) is 12.3. The number of nitrogens with two attached hydrogens (primary N) is 1. The highest BCUT2D eigenvalue weighted by molar-refractivity contribution is 5.26. The Morgan fingerprint density at radius 3 is 2.37 bits per heavy atom. The molecule has 1 aliphatic carbocycles. The van der Waals surface area contributed by atoms with Gasteiger partial charge in [-0.2, -0.15) is 0 Å². The summed E-state index contributed by atoms with van der Waals surface area (Å²) in [5.41, 5.74) is 8.56. The number of rotatable bonds is 6. The number of likely N-dealkylation sites (N-methyl/N-ethyl adjacent to an activating group) is 1. The van der Waals surface area contributed by atoms with Crippen LogP contribution in [0.4, 0.5) is 0 Å². The van der Waals surface area contributed by atoms with Crippen molar-refractivity contribution in [3.63, 3.8) is 0 Å². The van der Waals surface area contributed by atoms with Crippen LogP contribution in [0.1, 0.15) is 49.1 Å². The standard InChI is InChI=1S/C17H28N2/c1-19(14-12-18)13-11-15-7-9-17(10-8-15)16-5-3-2-4-6-16/h7-10,16H,2-6,11-14,18H2,1H3. The number of hydrogen-bond acceptors (Lipinski definition) is 2. The summed E-state index contributed by atoms with van der Waals surface area (Å²) >= 11 is 0. The minimum atomic E-state index is 0.747. The first-order valence-corrected chi connectivity index (χ1v) is 7.77. The lowest BCUT2D eigenvalue weighted by atomic mass is 9.84. The van der Waals surface area contributed by atoms with Gasteiger partial charge in [0.15, 0.2) is 0 Å². The molecule has 1 saturated carbocycles. The van der Waals surface area contributed by atoms with Gasteiger partial charge in [0, 0.05) is 19.6 Å². The van der Waals surface area contributed by atoms with Crippen LogP contribution in [0.15, 0.2) is 24.3 Å². The van der Waals surface area contributed by atoms with Gasteiger partial charge in [-0.3, -0.25) is 0 Å². The number of hydrogen-bond donors (Lipinski definition) is 1. The van der Waals surface area contributed by atoms with Crippen LogP contribution >= 0.6 is 0 Å². The van der Waals surface area contributed by atoms with Crippen molar-refractivity contribution in [3.05, 3.63) is 35.4 Å². The van der Waals surface area contributed by atoms with Gasteiger partial charge in [-0.25, -0.2) is 0 Å². The molecule has 2 rings (SSSR count). The minimum absolute atomic E-state index is 0.747. The highest BCUT2D eigenvalue weighted by Gasteiger charge is 2.14. The Labute approximate surface area is 118 Å². The van der Waals surface area contributed by atoms with Crippen LogP contribution in [0.5, 0.6) is 0 Å². The molecule has 0 heterocycles. The van der Waals surface area contributed by atoms with E-state index in [1.807, 2.05) is 0 Å². The van der Waals surface area contributed by atoms with Gasteiger partial charge in [-0.1, -0.05) is 43.5 Å². The average molecular weight is 260 g/mol. The first-order valence-electron chi connectivity index (χ1n) is 7.77. The van der Waals surface area contributed by atoms with Crippen LogP contribution in [-0.4, -0.2) is 31.6 Å². The summed E-state index contributed by atoms with van der Waals surface area (Å²) < 4.78 is 0. The maximum atomic E-state index is 5.56. The van der Waals surface area contributed by atoms with E-state index in [-0.39, 0.29) is 0 Å². The van der Waals surface area contributed by atoms with E-state index in [1.165, 1.54) is 37.7 Å². The zero-order valence-corrected chi connectivity index (χ0v) is 12.3. The third kappa shape index (κ3) is 4.63. The quantitative estimate of drug-likeness (QED) is 0.851. The van der Waals surface area contributed by atoms with E-state index in [0.29, 0.717) is 0 Å². The molecule has 0 atom stereocenters. The summed E-state index contributed by atoms with van der Waals surface area (Å²) in [5.74, 6) is 0.822. The largest absolute Gasteiger partial charge is 0.329 e. The van der Waals surface area contributed by atoms with Crippen molar-refractivity contribution in [1.29, 1.82) is 0 Å². The van der Waals surface area contributed by atoms with Crippen molar-refractivity contribution in [1.82, 2.24) is 4.90 Å². The molecule has 1 aromatic rings. The second kappa shape index (κ2) is 7.66. The molecular weight excluding hydrogens is 232 g/mol. The van der Waals surface area contributed by atoms with Gasteiger partial charge in [0.1, 0.15) is 0 Å². The predicted octanol–water partition coefficient (Wildman–Crippen LogP) is 3.17. The molecule has 2 heteroatoms. The first kappa shape index (κ1) is 14.5. The molecule has 0 unspecified atom stereocenters. The Balaban J connectivity index is 1.83. The maximum absolute atomic E-state index is 5.56. The van der Waals surface area contributed by atoms with Crippen molar-refractivity contribution >= 4 is 0 Å². The molecule has 1 fully saturated rings. The molecule has 0 radical (unpaired) electrons. The van der Waals surface area contributed by atoms with Gasteiger partial charge < -0.3 is 10.6 Å². The molecule has 0 aliphatic heterocycles. The van der Waals surface area contributed by atoms with Crippen molar-refractivity contribution in [3.8, 4) is 0 Å². The fourth-order valence-electron chi connectivity index (χ4n) is 3.04. The molecule has 0 spiro atoms. The van der Waals surface area contributed by atoms with E-state index in [0.717, 1.165) is 32.0 Å². The number of nitrogens with zero attached hydrogens (tertiary/aromatic N) is 1. The van der Waals surface area contributed by atoms with E-state index in [9.17, 15) is 0 Å². The summed E-state index contributed by atoms with van der Waals surface area (Å²) in [6, 6.07) is 9.35. The van der Waals surface area contributed by atoms with Crippen molar-refractivity contribution in [2.75, 3.05) is 26.7 Å². The predicted molar refractivity (Wildman–Crippen MR) is 82.5 cm³/mol. The van der Waals surface area contributed by atoms with Crippen LogP contribution in [0.3, 0.4) is 0 Å². The summed E-state index contributed by atoms with van der Waals surface area (Å²) in [5, 5.41) is 0. The summed E-state index contributed by atoms with van der Waals surface area (Å²) in [6.45, 7) is 2.83. The highest BCUT2D eigenvalue weighted by atomic mass is 15.1. The van der Waals surface area contributed by atoms with Crippen LogP contribution in [0.25, 0.3) is 0 Å². The lowest BCUT2D eigenvalue weighted by Gasteiger charge is -2.22. The van der Waals surface area contributed by atoms with E-state index < -0.39 is 0 Å². The van der Waals surface area contributed by atoms with Gasteiger partial charge in [-0.15, -0.1) is 0 Å². The van der Waals surface area contributed by atoms with Crippen molar-refractivity contribution in [2.45, 2.75) is 44.4 Å². The fourth-order valence-corrected chi connectivity index (χ4v) is 3.04. The summed E-state index contributed by atoms with van der Waals surface area (Å²) in [7, 11) is 2.14. The van der Waals surface area contributed by atoms with Gasteiger partial charge in [0.05, 0.1) is 0 Å². The van der Waals surface area contributed by atoms with Gasteiger partial charge in [-0.05, 0) is 43.4 Å². The highest BCUT2D eigenvalue weighted by Crippen LogP contribution is 2.32. The molecule has 19 heavy (non-hydrogen) atoms. The average Bonchev–Trinajstić information content (AvgIpc) is 2.47. The molecular formula is C17H28N2. The van der Waals surface area contributed by atoms with Gasteiger partial charge in [0.2, 0.25) is 0 Å². The Kier molecular flexibility index (Phi) is 5.87. The van der Waals surface area contributed by atoms with E-state index in [2.05, 4.69) is 36.2 Å². The Morgan fingerprint density at radius 2 is 1.74 bits per heavy atom. The van der Waals surface area contributed by atoms with Crippen LogP contribution < -0.4 is 5.73 Å². The second-order valence-electron chi connectivity index (χ2n) is 5.92. The Bertz CT molecular complexity index is 352. The van der Waals surface area contributed by atoms with E-state index in [4.69, 9.17) is 5.73 Å². The molecule has 2 N–H and O–H groups in total. The molecule has 2 nitrogen and oxygen atoms in total. The van der Waals surface area contributed by atoms with Gasteiger partial charge in [0.25, 0.3) is 0 Å². The third-order valence-electron chi connectivity index (χ3n) is 4.35. The Morgan fingerprint density at radius 1 is 1.05 bits per heavy atom. The fraction of sp³-hybridized carbons (Fsp3) is 0.647. The number of benzene rings is 1. The normalized spacial score (nSPS) is 17.0. The molecule has 106 valence electrons. The monoisotopic (exact) mass is 260 g/mol. The van der Waals surface area contributed by atoms with Crippen LogP contribution in [0.2, 0.25) is 0 Å². The Hall–Kier alpha value is -0.860. The zero-order chi connectivity index (χ0) is 13.5. The lowest BCUT2D eigenvalue weighted by molar-refractivity contribution is 0.348. The van der Waals surface area contributed by atoms with Crippen molar-refractivity contribution in [2.24, 2.45) is 5.73 Å². The van der Waals surface area contributed by atoms with Crippen LogP contribution in [0, 0.1) is 0 Å². The van der Waals surface area contributed by atoms with E-state index in [1.54, 1.807) is 5.56 Å². The molecule has 0 amide bonds. The van der Waals surface area contributed by atoms with Gasteiger partial charge >= 0.3 is 0 Å². The summed E-state index contributed by atoms with van der Waals surface area (Å²) in [6.07, 6.45) is 8.16. The molecule has 1 aliphatic rings. The summed E-state index contributed by atoms with van der Waals surface area (Å²) in [4.78, 5) is 2.30. The third-order valence-corrected chi connectivity index (χ3v) is 4.35.